The number of hydrogen-bond acceptors (Lipinski definition) is 2. The van der Waals surface area contributed by atoms with Crippen LogP contribution in [0.4, 0.5) is 0 Å². The summed E-state index contributed by atoms with van der Waals surface area (Å²) in [4.78, 5) is 11.9. The van der Waals surface area contributed by atoms with E-state index in [1.165, 1.54) is 0 Å². The zero-order valence-electron chi connectivity index (χ0n) is 9.92. The second-order valence-corrected chi connectivity index (χ2v) is 4.40. The van der Waals surface area contributed by atoms with Gasteiger partial charge in [0, 0.05) is 12.0 Å². The highest BCUT2D eigenvalue weighted by Gasteiger charge is 2.11. The number of rotatable bonds is 5. The SMILES string of the molecule is CCC(C)CC(=O)c1ccc(OC)c(Cl)c1. The molecule has 0 fully saturated rings. The van der Waals surface area contributed by atoms with Gasteiger partial charge in [0.05, 0.1) is 12.1 Å². The summed E-state index contributed by atoms with van der Waals surface area (Å²) in [6.07, 6.45) is 1.58. The van der Waals surface area contributed by atoms with Crippen molar-refractivity contribution in [3.05, 3.63) is 28.8 Å². The van der Waals surface area contributed by atoms with E-state index in [0.29, 0.717) is 28.7 Å². The van der Waals surface area contributed by atoms with Gasteiger partial charge in [0.2, 0.25) is 0 Å². The molecule has 2 nitrogen and oxygen atoms in total. The van der Waals surface area contributed by atoms with Crippen LogP contribution in [-0.2, 0) is 0 Å². The summed E-state index contributed by atoms with van der Waals surface area (Å²) in [6, 6.07) is 5.16. The van der Waals surface area contributed by atoms with E-state index in [2.05, 4.69) is 13.8 Å². The van der Waals surface area contributed by atoms with Gasteiger partial charge in [0.1, 0.15) is 5.75 Å². The van der Waals surface area contributed by atoms with Gasteiger partial charge >= 0.3 is 0 Å². The normalized spacial score (nSPS) is 12.2. The van der Waals surface area contributed by atoms with Crippen molar-refractivity contribution in [2.24, 2.45) is 5.92 Å². The number of ether oxygens (including phenoxy) is 1. The lowest BCUT2D eigenvalue weighted by Crippen LogP contribution is -2.05. The molecule has 0 aliphatic rings. The maximum Gasteiger partial charge on any atom is 0.163 e. The lowest BCUT2D eigenvalue weighted by molar-refractivity contribution is 0.0963. The van der Waals surface area contributed by atoms with Gasteiger partial charge in [-0.1, -0.05) is 31.9 Å². The predicted octanol–water partition coefficient (Wildman–Crippen LogP) is 3.97. The van der Waals surface area contributed by atoms with Gasteiger partial charge in [-0.25, -0.2) is 0 Å². The summed E-state index contributed by atoms with van der Waals surface area (Å²) >= 11 is 5.97. The fourth-order valence-electron chi connectivity index (χ4n) is 1.42. The van der Waals surface area contributed by atoms with Crippen molar-refractivity contribution in [1.82, 2.24) is 0 Å². The van der Waals surface area contributed by atoms with E-state index in [4.69, 9.17) is 16.3 Å². The quantitative estimate of drug-likeness (QED) is 0.728. The first kappa shape index (κ1) is 13.0. The molecule has 1 atom stereocenters. The Bertz CT molecular complexity index is 374. The van der Waals surface area contributed by atoms with Crippen LogP contribution in [0.25, 0.3) is 0 Å². The predicted molar refractivity (Wildman–Crippen MR) is 66.4 cm³/mol. The van der Waals surface area contributed by atoms with Crippen LogP contribution in [0.1, 0.15) is 37.0 Å². The highest BCUT2D eigenvalue weighted by molar-refractivity contribution is 6.32. The van der Waals surface area contributed by atoms with Crippen molar-refractivity contribution < 1.29 is 9.53 Å². The Morgan fingerprint density at radius 3 is 2.69 bits per heavy atom. The van der Waals surface area contributed by atoms with Gasteiger partial charge in [-0.3, -0.25) is 4.79 Å². The third-order valence-corrected chi connectivity index (χ3v) is 3.00. The van der Waals surface area contributed by atoms with E-state index in [0.717, 1.165) is 6.42 Å². The molecule has 3 heteroatoms. The van der Waals surface area contributed by atoms with Crippen LogP contribution in [0.3, 0.4) is 0 Å². The Morgan fingerprint density at radius 1 is 1.50 bits per heavy atom. The van der Waals surface area contributed by atoms with Crippen LogP contribution in [0.2, 0.25) is 5.02 Å². The Hall–Kier alpha value is -1.02. The summed E-state index contributed by atoms with van der Waals surface area (Å²) in [5.41, 5.74) is 0.658. The third-order valence-electron chi connectivity index (χ3n) is 2.70. The molecule has 1 aromatic carbocycles. The molecule has 1 aromatic rings. The molecular formula is C13H17ClO2. The number of hydrogen-bond donors (Lipinski definition) is 0. The van der Waals surface area contributed by atoms with Crippen molar-refractivity contribution in [2.75, 3.05) is 7.11 Å². The topological polar surface area (TPSA) is 26.3 Å². The Morgan fingerprint density at radius 2 is 2.19 bits per heavy atom. The highest BCUT2D eigenvalue weighted by atomic mass is 35.5. The number of ketones is 1. The lowest BCUT2D eigenvalue weighted by atomic mass is 9.98. The summed E-state index contributed by atoms with van der Waals surface area (Å²) in [5.74, 6) is 1.15. The first-order valence-electron chi connectivity index (χ1n) is 5.45. The molecule has 0 saturated carbocycles. The van der Waals surface area contributed by atoms with Gasteiger partial charge in [0.15, 0.2) is 5.78 Å². The molecule has 0 saturated heterocycles. The van der Waals surface area contributed by atoms with Crippen molar-refractivity contribution >= 4 is 17.4 Å². The fourth-order valence-corrected chi connectivity index (χ4v) is 1.68. The summed E-state index contributed by atoms with van der Waals surface area (Å²) < 4.78 is 5.04. The van der Waals surface area contributed by atoms with Crippen molar-refractivity contribution in [3.63, 3.8) is 0 Å². The van der Waals surface area contributed by atoms with E-state index in [-0.39, 0.29) is 5.78 Å². The number of halogens is 1. The van der Waals surface area contributed by atoms with Crippen LogP contribution in [0.15, 0.2) is 18.2 Å². The zero-order chi connectivity index (χ0) is 12.1. The third kappa shape index (κ3) is 3.24. The van der Waals surface area contributed by atoms with E-state index in [9.17, 15) is 4.79 Å². The van der Waals surface area contributed by atoms with Crippen molar-refractivity contribution in [2.45, 2.75) is 26.7 Å². The second kappa shape index (κ2) is 5.90. The average molecular weight is 241 g/mol. The highest BCUT2D eigenvalue weighted by Crippen LogP contribution is 2.26. The number of benzene rings is 1. The van der Waals surface area contributed by atoms with Crippen molar-refractivity contribution in [3.8, 4) is 5.75 Å². The molecule has 1 unspecified atom stereocenters. The number of methoxy groups -OCH3 is 1. The maximum absolute atomic E-state index is 11.9. The van der Waals surface area contributed by atoms with Crippen molar-refractivity contribution in [1.29, 1.82) is 0 Å². The molecule has 16 heavy (non-hydrogen) atoms. The first-order valence-corrected chi connectivity index (χ1v) is 5.83. The smallest absolute Gasteiger partial charge is 0.163 e. The van der Waals surface area contributed by atoms with Crippen LogP contribution in [-0.4, -0.2) is 12.9 Å². The molecule has 0 spiro atoms. The van der Waals surface area contributed by atoms with Gasteiger partial charge in [-0.15, -0.1) is 0 Å². The molecule has 88 valence electrons. The molecule has 0 radical (unpaired) electrons. The molecular weight excluding hydrogens is 224 g/mol. The molecule has 0 N–H and O–H groups in total. The minimum atomic E-state index is 0.138. The number of Topliss-reactive ketones (excluding diaryl/α,β-unsaturated/α-hetero) is 1. The summed E-state index contributed by atoms with van der Waals surface area (Å²) in [6.45, 7) is 4.15. The van der Waals surface area contributed by atoms with E-state index >= 15 is 0 Å². The van der Waals surface area contributed by atoms with E-state index in [1.54, 1.807) is 25.3 Å². The van der Waals surface area contributed by atoms with Crippen LogP contribution >= 0.6 is 11.6 Å². The molecule has 0 amide bonds. The fraction of sp³-hybridized carbons (Fsp3) is 0.462. The Labute approximate surface area is 102 Å². The van der Waals surface area contributed by atoms with Crippen LogP contribution in [0.5, 0.6) is 5.75 Å². The number of carbonyl (C=O) groups excluding carboxylic acids is 1. The molecule has 0 bridgehead atoms. The van der Waals surface area contributed by atoms with Crippen LogP contribution in [0, 0.1) is 5.92 Å². The molecule has 0 heterocycles. The second-order valence-electron chi connectivity index (χ2n) is 3.99. The van der Waals surface area contributed by atoms with Gasteiger partial charge in [-0.05, 0) is 24.1 Å². The van der Waals surface area contributed by atoms with E-state index in [1.807, 2.05) is 0 Å². The maximum atomic E-state index is 11.9. The van der Waals surface area contributed by atoms with Gasteiger partial charge in [-0.2, -0.15) is 0 Å². The standard InChI is InChI=1S/C13H17ClO2/c1-4-9(2)7-12(15)10-5-6-13(16-3)11(14)8-10/h5-6,8-9H,4,7H2,1-3H3. The Kier molecular flexibility index (Phi) is 4.81. The summed E-state index contributed by atoms with van der Waals surface area (Å²) in [7, 11) is 1.56. The monoisotopic (exact) mass is 240 g/mol. The molecule has 0 aromatic heterocycles. The minimum Gasteiger partial charge on any atom is -0.495 e. The molecule has 0 aliphatic carbocycles. The average Bonchev–Trinajstić information content (AvgIpc) is 2.28. The number of carbonyl (C=O) groups is 1. The van der Waals surface area contributed by atoms with E-state index < -0.39 is 0 Å². The van der Waals surface area contributed by atoms with Gasteiger partial charge < -0.3 is 4.74 Å². The minimum absolute atomic E-state index is 0.138. The molecule has 1 rings (SSSR count). The lowest BCUT2D eigenvalue weighted by Gasteiger charge is -2.08. The van der Waals surface area contributed by atoms with Gasteiger partial charge in [0.25, 0.3) is 0 Å². The Balaban J connectivity index is 2.81. The summed E-state index contributed by atoms with van der Waals surface area (Å²) in [5, 5.41) is 0.484. The van der Waals surface area contributed by atoms with Crippen LogP contribution < -0.4 is 4.74 Å². The zero-order valence-corrected chi connectivity index (χ0v) is 10.7. The largest absolute Gasteiger partial charge is 0.495 e. The molecule has 0 aliphatic heterocycles. The first-order chi connectivity index (χ1) is 7.58.